The van der Waals surface area contributed by atoms with Gasteiger partial charge in [0.2, 0.25) is 21.8 Å². The zero-order chi connectivity index (χ0) is 20.3. The quantitative estimate of drug-likeness (QED) is 0.603. The van der Waals surface area contributed by atoms with E-state index in [1.54, 1.807) is 53.4 Å². The van der Waals surface area contributed by atoms with Crippen LogP contribution in [0.15, 0.2) is 48.5 Å². The number of rotatable bonds is 6. The second-order valence-electron chi connectivity index (χ2n) is 6.49. The van der Waals surface area contributed by atoms with E-state index >= 15 is 0 Å². The molecular formula is C19H20IN3O4S. The zero-order valence-electron chi connectivity index (χ0n) is 15.3. The molecule has 0 saturated carbocycles. The maximum absolute atomic E-state index is 12.4. The van der Waals surface area contributed by atoms with Gasteiger partial charge in [0.25, 0.3) is 0 Å². The normalized spacial score (nSPS) is 14.2. The van der Waals surface area contributed by atoms with Gasteiger partial charge in [0.15, 0.2) is 0 Å². The van der Waals surface area contributed by atoms with Crippen LogP contribution in [-0.2, 0) is 19.6 Å². The van der Waals surface area contributed by atoms with Crippen molar-refractivity contribution in [2.75, 3.05) is 33.9 Å². The van der Waals surface area contributed by atoms with Crippen LogP contribution in [0.25, 0.3) is 0 Å². The first-order chi connectivity index (χ1) is 13.2. The van der Waals surface area contributed by atoms with Crippen LogP contribution >= 0.6 is 22.6 Å². The fourth-order valence-electron chi connectivity index (χ4n) is 2.98. The Balaban J connectivity index is 1.69. The average molecular weight is 513 g/mol. The van der Waals surface area contributed by atoms with E-state index in [1.165, 1.54) is 0 Å². The molecule has 1 aliphatic rings. The Hall–Kier alpha value is -2.14. The van der Waals surface area contributed by atoms with Crippen LogP contribution in [0.2, 0.25) is 0 Å². The van der Waals surface area contributed by atoms with Crippen molar-refractivity contribution in [1.29, 1.82) is 0 Å². The molecule has 2 aromatic rings. The maximum atomic E-state index is 12.4. The van der Waals surface area contributed by atoms with Crippen LogP contribution in [-0.4, -0.2) is 39.6 Å². The van der Waals surface area contributed by atoms with E-state index in [0.717, 1.165) is 26.2 Å². The Kier molecular flexibility index (Phi) is 6.23. The Bertz CT molecular complexity index is 975. The predicted molar refractivity (Wildman–Crippen MR) is 118 cm³/mol. The van der Waals surface area contributed by atoms with Gasteiger partial charge < -0.3 is 10.2 Å². The van der Waals surface area contributed by atoms with Crippen LogP contribution < -0.4 is 14.5 Å². The van der Waals surface area contributed by atoms with Crippen LogP contribution in [0, 0.1) is 3.57 Å². The van der Waals surface area contributed by atoms with E-state index in [2.05, 4.69) is 27.9 Å². The van der Waals surface area contributed by atoms with Crippen LogP contribution in [0.3, 0.4) is 0 Å². The van der Waals surface area contributed by atoms with E-state index in [4.69, 9.17) is 0 Å². The summed E-state index contributed by atoms with van der Waals surface area (Å²) in [5, 5.41) is 2.70. The molecule has 1 saturated heterocycles. The van der Waals surface area contributed by atoms with E-state index in [-0.39, 0.29) is 12.5 Å². The van der Waals surface area contributed by atoms with E-state index in [0.29, 0.717) is 24.3 Å². The molecule has 1 N–H and O–H groups in total. The molecule has 148 valence electrons. The highest BCUT2D eigenvalue weighted by molar-refractivity contribution is 14.1. The van der Waals surface area contributed by atoms with Crippen molar-refractivity contribution in [3.63, 3.8) is 0 Å². The average Bonchev–Trinajstić information content (AvgIpc) is 3.06. The van der Waals surface area contributed by atoms with Crippen LogP contribution in [0.4, 0.5) is 17.1 Å². The van der Waals surface area contributed by atoms with Gasteiger partial charge in [-0.2, -0.15) is 0 Å². The summed E-state index contributed by atoms with van der Waals surface area (Å²) in [4.78, 5) is 25.9. The third-order valence-electron chi connectivity index (χ3n) is 4.34. The van der Waals surface area contributed by atoms with E-state index in [1.807, 2.05) is 0 Å². The number of halogens is 1. The monoisotopic (exact) mass is 513 g/mol. The van der Waals surface area contributed by atoms with Gasteiger partial charge in [-0.25, -0.2) is 8.42 Å². The summed E-state index contributed by atoms with van der Waals surface area (Å²) >= 11 is 2.13. The first-order valence-electron chi connectivity index (χ1n) is 8.67. The molecule has 2 aromatic carbocycles. The third kappa shape index (κ3) is 5.02. The lowest BCUT2D eigenvalue weighted by molar-refractivity contribution is -0.117. The first kappa shape index (κ1) is 20.6. The number of nitrogens with zero attached hydrogens (tertiary/aromatic N) is 2. The van der Waals surface area contributed by atoms with Crippen molar-refractivity contribution >= 4 is 61.5 Å². The minimum absolute atomic E-state index is 0.0955. The van der Waals surface area contributed by atoms with Crippen molar-refractivity contribution in [2.45, 2.75) is 12.8 Å². The highest BCUT2D eigenvalue weighted by Crippen LogP contribution is 2.23. The number of amides is 2. The molecule has 2 amide bonds. The highest BCUT2D eigenvalue weighted by atomic mass is 127. The lowest BCUT2D eigenvalue weighted by Gasteiger charge is -2.22. The number of sulfonamides is 1. The number of carbonyl (C=O) groups excluding carboxylic acids is 2. The second-order valence-corrected chi connectivity index (χ2v) is 9.64. The van der Waals surface area contributed by atoms with Crippen molar-refractivity contribution in [3.05, 3.63) is 52.1 Å². The lowest BCUT2D eigenvalue weighted by atomic mass is 10.2. The molecule has 7 nitrogen and oxygen atoms in total. The molecule has 0 radical (unpaired) electrons. The Morgan fingerprint density at radius 3 is 2.32 bits per heavy atom. The Morgan fingerprint density at radius 2 is 1.79 bits per heavy atom. The molecule has 0 bridgehead atoms. The third-order valence-corrected chi connectivity index (χ3v) is 6.20. The molecule has 3 rings (SSSR count). The van der Waals surface area contributed by atoms with Crippen molar-refractivity contribution in [2.24, 2.45) is 0 Å². The van der Waals surface area contributed by atoms with Crippen molar-refractivity contribution in [1.82, 2.24) is 0 Å². The number of hydrogen-bond acceptors (Lipinski definition) is 4. The number of anilines is 3. The molecule has 0 aliphatic carbocycles. The summed E-state index contributed by atoms with van der Waals surface area (Å²) in [6, 6.07) is 13.8. The largest absolute Gasteiger partial charge is 0.325 e. The van der Waals surface area contributed by atoms with Gasteiger partial charge in [-0.3, -0.25) is 13.9 Å². The molecular weight excluding hydrogens is 493 g/mol. The second kappa shape index (κ2) is 8.48. The van der Waals surface area contributed by atoms with Gasteiger partial charge in [0, 0.05) is 27.9 Å². The predicted octanol–water partition coefficient (Wildman–Crippen LogP) is 2.82. The standard InChI is InChI=1S/C19H20IN3O4S/c1-28(26,27)23(17-8-4-14(20)5-9-17)13-18(24)21-15-6-10-16(11-7-15)22-12-2-3-19(22)25/h4-11H,2-3,12-13H2,1H3,(H,21,24). The molecule has 0 atom stereocenters. The van der Waals surface area contributed by atoms with Crippen molar-refractivity contribution < 1.29 is 18.0 Å². The molecule has 1 aliphatic heterocycles. The molecule has 0 spiro atoms. The van der Waals surface area contributed by atoms with E-state index in [9.17, 15) is 18.0 Å². The minimum Gasteiger partial charge on any atom is -0.325 e. The fraction of sp³-hybridized carbons (Fsp3) is 0.263. The van der Waals surface area contributed by atoms with Crippen LogP contribution in [0.5, 0.6) is 0 Å². The van der Waals surface area contributed by atoms with Gasteiger partial charge in [-0.05, 0) is 77.5 Å². The number of hydrogen-bond donors (Lipinski definition) is 1. The Labute approximate surface area is 177 Å². The van der Waals surface area contributed by atoms with E-state index < -0.39 is 15.9 Å². The summed E-state index contributed by atoms with van der Waals surface area (Å²) in [5.41, 5.74) is 1.76. The summed E-state index contributed by atoms with van der Waals surface area (Å²) in [5.74, 6) is -0.355. The topological polar surface area (TPSA) is 86.8 Å². The van der Waals surface area contributed by atoms with Gasteiger partial charge in [0.05, 0.1) is 11.9 Å². The summed E-state index contributed by atoms with van der Waals surface area (Å²) in [6.07, 6.45) is 2.47. The molecule has 9 heteroatoms. The highest BCUT2D eigenvalue weighted by Gasteiger charge is 2.22. The van der Waals surface area contributed by atoms with Crippen LogP contribution in [0.1, 0.15) is 12.8 Å². The first-order valence-corrected chi connectivity index (χ1v) is 11.6. The zero-order valence-corrected chi connectivity index (χ0v) is 18.2. The number of carbonyl (C=O) groups is 2. The molecule has 1 heterocycles. The molecule has 0 aromatic heterocycles. The Morgan fingerprint density at radius 1 is 1.14 bits per heavy atom. The molecule has 28 heavy (non-hydrogen) atoms. The smallest absolute Gasteiger partial charge is 0.245 e. The fourth-order valence-corrected chi connectivity index (χ4v) is 4.20. The number of benzene rings is 2. The summed E-state index contributed by atoms with van der Waals surface area (Å²) in [6.45, 7) is 0.371. The van der Waals surface area contributed by atoms with Crippen molar-refractivity contribution in [3.8, 4) is 0 Å². The van der Waals surface area contributed by atoms with Gasteiger partial charge >= 0.3 is 0 Å². The number of nitrogens with one attached hydrogen (secondary N) is 1. The summed E-state index contributed by atoms with van der Waals surface area (Å²) < 4.78 is 26.3. The minimum atomic E-state index is -3.62. The van der Waals surface area contributed by atoms with Gasteiger partial charge in [0.1, 0.15) is 6.54 Å². The van der Waals surface area contributed by atoms with Gasteiger partial charge in [-0.1, -0.05) is 0 Å². The molecule has 0 unspecified atom stereocenters. The molecule has 1 fully saturated rings. The SMILES string of the molecule is CS(=O)(=O)N(CC(=O)Nc1ccc(N2CCCC2=O)cc1)c1ccc(I)cc1. The summed E-state index contributed by atoms with van der Waals surface area (Å²) in [7, 11) is -3.62. The maximum Gasteiger partial charge on any atom is 0.245 e. The van der Waals surface area contributed by atoms with Gasteiger partial charge in [-0.15, -0.1) is 0 Å². The lowest BCUT2D eigenvalue weighted by Crippen LogP contribution is -2.37.